The summed E-state index contributed by atoms with van der Waals surface area (Å²) in [4.78, 5) is 11.9. The van der Waals surface area contributed by atoms with Gasteiger partial charge in [0.2, 0.25) is 0 Å². The van der Waals surface area contributed by atoms with Crippen molar-refractivity contribution in [3.63, 3.8) is 0 Å². The normalized spacial score (nSPS) is 11.2. The van der Waals surface area contributed by atoms with Crippen LogP contribution in [0.25, 0.3) is 10.8 Å². The van der Waals surface area contributed by atoms with Crippen LogP contribution in [0.2, 0.25) is 0 Å². The van der Waals surface area contributed by atoms with Gasteiger partial charge in [-0.25, -0.2) is 4.79 Å². The summed E-state index contributed by atoms with van der Waals surface area (Å²) < 4.78 is 31.3. The maximum atomic E-state index is 12.2. The van der Waals surface area contributed by atoms with E-state index in [0.29, 0.717) is 5.69 Å². The van der Waals surface area contributed by atoms with Crippen LogP contribution in [0.1, 0.15) is 0 Å². The molecule has 3 aromatic rings. The van der Waals surface area contributed by atoms with Gasteiger partial charge in [-0.2, -0.15) is 8.42 Å². The zero-order valence-electron chi connectivity index (χ0n) is 12.4. The molecule has 0 spiro atoms. The quantitative estimate of drug-likeness (QED) is 0.632. The number of fused-ring (bicyclic) bond motifs is 1. The van der Waals surface area contributed by atoms with Crippen molar-refractivity contribution in [1.29, 1.82) is 0 Å². The van der Waals surface area contributed by atoms with E-state index < -0.39 is 16.1 Å². The predicted octanol–water partition coefficient (Wildman–Crippen LogP) is 3.73. The summed E-state index contributed by atoms with van der Waals surface area (Å²) in [5.41, 5.74) is 0.888. The van der Waals surface area contributed by atoms with Gasteiger partial charge in [-0.15, -0.1) is 0 Å². The van der Waals surface area contributed by atoms with E-state index in [1.165, 1.54) is 24.3 Å². The smallest absolute Gasteiger partial charge is 0.308 e. The fourth-order valence-corrected chi connectivity index (χ4v) is 2.88. The number of hydrogen-bond donors (Lipinski definition) is 3. The highest BCUT2D eigenvalue weighted by Gasteiger charge is 2.11. The number of anilines is 2. The second kappa shape index (κ2) is 6.31. The van der Waals surface area contributed by atoms with Crippen LogP contribution < -0.4 is 10.6 Å². The molecule has 0 fully saturated rings. The number of carbonyl (C=O) groups is 1. The van der Waals surface area contributed by atoms with Crippen molar-refractivity contribution in [1.82, 2.24) is 0 Å². The molecule has 6 nitrogen and oxygen atoms in total. The molecule has 3 N–H and O–H groups in total. The number of rotatable bonds is 3. The fourth-order valence-electron chi connectivity index (χ4n) is 2.35. The Labute approximate surface area is 138 Å². The molecule has 0 aliphatic carbocycles. The van der Waals surface area contributed by atoms with Crippen LogP contribution in [0.15, 0.2) is 71.6 Å². The first kappa shape index (κ1) is 16.0. The summed E-state index contributed by atoms with van der Waals surface area (Å²) >= 11 is 0. The van der Waals surface area contributed by atoms with Crippen LogP contribution in [-0.4, -0.2) is 19.0 Å². The molecule has 0 aromatic heterocycles. The van der Waals surface area contributed by atoms with Crippen molar-refractivity contribution in [2.45, 2.75) is 4.90 Å². The van der Waals surface area contributed by atoms with Gasteiger partial charge in [-0.3, -0.25) is 4.55 Å². The molecule has 0 bridgehead atoms. The molecule has 122 valence electrons. The van der Waals surface area contributed by atoms with E-state index in [1.54, 1.807) is 6.07 Å². The Morgan fingerprint density at radius 1 is 0.875 bits per heavy atom. The van der Waals surface area contributed by atoms with Gasteiger partial charge in [0.05, 0.1) is 10.6 Å². The lowest BCUT2D eigenvalue weighted by molar-refractivity contribution is 0.262. The summed E-state index contributed by atoms with van der Waals surface area (Å²) in [6.45, 7) is 0. The molecule has 3 rings (SSSR count). The lowest BCUT2D eigenvalue weighted by atomic mass is 10.1. The van der Waals surface area contributed by atoms with E-state index in [0.717, 1.165) is 10.8 Å². The average Bonchev–Trinajstić information content (AvgIpc) is 2.54. The van der Waals surface area contributed by atoms with Crippen molar-refractivity contribution >= 4 is 38.3 Å². The van der Waals surface area contributed by atoms with Gasteiger partial charge in [-0.1, -0.05) is 42.5 Å². The molecule has 7 heteroatoms. The Morgan fingerprint density at radius 3 is 2.38 bits per heavy atom. The number of nitrogens with one attached hydrogen (secondary N) is 2. The Morgan fingerprint density at radius 2 is 1.58 bits per heavy atom. The molecule has 3 aromatic carbocycles. The van der Waals surface area contributed by atoms with E-state index in [1.807, 2.05) is 36.4 Å². The lowest BCUT2D eigenvalue weighted by Crippen LogP contribution is -2.19. The third kappa shape index (κ3) is 3.53. The van der Waals surface area contributed by atoms with Crippen LogP contribution >= 0.6 is 0 Å². The van der Waals surface area contributed by atoms with Crippen LogP contribution in [0, 0.1) is 0 Å². The van der Waals surface area contributed by atoms with Gasteiger partial charge in [-0.05, 0) is 29.7 Å². The highest BCUT2D eigenvalue weighted by molar-refractivity contribution is 7.85. The van der Waals surface area contributed by atoms with E-state index >= 15 is 0 Å². The molecule has 0 unspecified atom stereocenters. The first-order chi connectivity index (χ1) is 11.4. The first-order valence-electron chi connectivity index (χ1n) is 7.07. The topological polar surface area (TPSA) is 95.5 Å². The molecule has 0 aliphatic rings. The third-order valence-corrected chi connectivity index (χ3v) is 4.28. The molecule has 0 saturated carbocycles. The number of hydrogen-bond acceptors (Lipinski definition) is 3. The van der Waals surface area contributed by atoms with Crippen LogP contribution in [0.3, 0.4) is 0 Å². The zero-order valence-corrected chi connectivity index (χ0v) is 13.2. The minimum Gasteiger partial charge on any atom is -0.308 e. The molecule has 0 atom stereocenters. The van der Waals surface area contributed by atoms with Crippen molar-refractivity contribution < 1.29 is 17.8 Å². The van der Waals surface area contributed by atoms with E-state index in [-0.39, 0.29) is 10.6 Å². The number of urea groups is 1. The standard InChI is InChI=1S/C17H14N2O4S/c20-17(18-13-7-4-8-14(11-13)24(21,22)23)19-16-10-3-6-12-5-1-2-9-15(12)16/h1-11H,(H2,18,19,20)(H,21,22,23). The summed E-state index contributed by atoms with van der Waals surface area (Å²) in [6.07, 6.45) is 0. The highest BCUT2D eigenvalue weighted by Crippen LogP contribution is 2.23. The maximum Gasteiger partial charge on any atom is 0.323 e. The SMILES string of the molecule is O=C(Nc1cccc(S(=O)(=O)O)c1)Nc1cccc2ccccc12. The molecule has 24 heavy (non-hydrogen) atoms. The summed E-state index contributed by atoms with van der Waals surface area (Å²) in [7, 11) is -4.32. The van der Waals surface area contributed by atoms with Gasteiger partial charge in [0.1, 0.15) is 0 Å². The van der Waals surface area contributed by atoms with Crippen molar-refractivity contribution in [3.05, 3.63) is 66.7 Å². The van der Waals surface area contributed by atoms with E-state index in [2.05, 4.69) is 10.6 Å². The summed E-state index contributed by atoms with van der Waals surface area (Å²) in [6, 6.07) is 18.0. The number of benzene rings is 3. The molecule has 0 heterocycles. The van der Waals surface area contributed by atoms with Crippen molar-refractivity contribution in [2.24, 2.45) is 0 Å². The van der Waals surface area contributed by atoms with Crippen molar-refractivity contribution in [3.8, 4) is 0 Å². The number of amides is 2. The van der Waals surface area contributed by atoms with E-state index in [4.69, 9.17) is 4.55 Å². The molecule has 0 radical (unpaired) electrons. The Bertz CT molecular complexity index is 1010. The van der Waals surface area contributed by atoms with Gasteiger partial charge >= 0.3 is 6.03 Å². The third-order valence-electron chi connectivity index (χ3n) is 3.43. The summed E-state index contributed by atoms with van der Waals surface area (Å²) in [5.74, 6) is 0. The van der Waals surface area contributed by atoms with Crippen LogP contribution in [0.4, 0.5) is 16.2 Å². The molecular weight excluding hydrogens is 328 g/mol. The van der Waals surface area contributed by atoms with Crippen molar-refractivity contribution in [2.75, 3.05) is 10.6 Å². The maximum absolute atomic E-state index is 12.2. The zero-order chi connectivity index (χ0) is 17.2. The predicted molar refractivity (Wildman–Crippen MR) is 92.8 cm³/mol. The first-order valence-corrected chi connectivity index (χ1v) is 8.51. The minimum absolute atomic E-state index is 0.253. The van der Waals surface area contributed by atoms with Gasteiger partial charge < -0.3 is 10.6 Å². The molecule has 2 amide bonds. The molecule has 0 aliphatic heterocycles. The van der Waals surface area contributed by atoms with Gasteiger partial charge in [0.25, 0.3) is 10.1 Å². The second-order valence-corrected chi connectivity index (χ2v) is 6.53. The monoisotopic (exact) mass is 342 g/mol. The van der Waals surface area contributed by atoms with Gasteiger partial charge in [0.15, 0.2) is 0 Å². The highest BCUT2D eigenvalue weighted by atomic mass is 32.2. The molecular formula is C17H14N2O4S. The lowest BCUT2D eigenvalue weighted by Gasteiger charge is -2.10. The average molecular weight is 342 g/mol. The largest absolute Gasteiger partial charge is 0.323 e. The van der Waals surface area contributed by atoms with Gasteiger partial charge in [0, 0.05) is 11.1 Å². The summed E-state index contributed by atoms with van der Waals surface area (Å²) in [5, 5.41) is 7.15. The minimum atomic E-state index is -4.32. The molecule has 0 saturated heterocycles. The Kier molecular flexibility index (Phi) is 4.20. The van der Waals surface area contributed by atoms with Crippen LogP contribution in [0.5, 0.6) is 0 Å². The Hall–Kier alpha value is -2.90. The van der Waals surface area contributed by atoms with E-state index in [9.17, 15) is 13.2 Å². The Balaban J connectivity index is 1.81. The second-order valence-electron chi connectivity index (χ2n) is 5.11. The van der Waals surface area contributed by atoms with Crippen LogP contribution in [-0.2, 0) is 10.1 Å². The number of carbonyl (C=O) groups excluding carboxylic acids is 1. The fraction of sp³-hybridized carbons (Fsp3) is 0.